The Bertz CT molecular complexity index is 651. The summed E-state index contributed by atoms with van der Waals surface area (Å²) in [7, 11) is 1.75. The van der Waals surface area contributed by atoms with Crippen LogP contribution in [0.2, 0.25) is 0 Å². The SMILES string of the molecule is Cc1cc(C(=O)N(C)Cc2ccc3c(c2)OCO3)n[nH]1. The summed E-state index contributed by atoms with van der Waals surface area (Å²) in [5.41, 5.74) is 2.27. The maximum Gasteiger partial charge on any atom is 0.274 e. The first-order valence-electron chi connectivity index (χ1n) is 6.29. The van der Waals surface area contributed by atoms with Crippen molar-refractivity contribution in [3.05, 3.63) is 41.2 Å². The van der Waals surface area contributed by atoms with E-state index in [1.807, 2.05) is 25.1 Å². The highest BCUT2D eigenvalue weighted by Gasteiger charge is 2.17. The minimum Gasteiger partial charge on any atom is -0.454 e. The number of nitrogens with one attached hydrogen (secondary N) is 1. The van der Waals surface area contributed by atoms with Crippen LogP contribution >= 0.6 is 0 Å². The second-order valence-corrected chi connectivity index (χ2v) is 4.79. The van der Waals surface area contributed by atoms with Gasteiger partial charge in [-0.3, -0.25) is 9.89 Å². The number of hydrogen-bond acceptors (Lipinski definition) is 4. The van der Waals surface area contributed by atoms with Crippen LogP contribution in [0.4, 0.5) is 0 Å². The van der Waals surface area contributed by atoms with E-state index in [9.17, 15) is 4.79 Å². The van der Waals surface area contributed by atoms with Crippen molar-refractivity contribution in [3.8, 4) is 11.5 Å². The van der Waals surface area contributed by atoms with Gasteiger partial charge in [-0.05, 0) is 30.7 Å². The van der Waals surface area contributed by atoms with E-state index in [0.717, 1.165) is 22.8 Å². The molecule has 1 amide bonds. The lowest BCUT2D eigenvalue weighted by Crippen LogP contribution is -2.26. The first-order valence-corrected chi connectivity index (χ1v) is 6.29. The number of aryl methyl sites for hydroxylation is 1. The van der Waals surface area contributed by atoms with Gasteiger partial charge >= 0.3 is 0 Å². The molecule has 2 aromatic rings. The van der Waals surface area contributed by atoms with E-state index in [1.54, 1.807) is 18.0 Å². The summed E-state index contributed by atoms with van der Waals surface area (Å²) < 4.78 is 10.6. The van der Waals surface area contributed by atoms with Gasteiger partial charge < -0.3 is 14.4 Å². The van der Waals surface area contributed by atoms with Gasteiger partial charge in [0.2, 0.25) is 6.79 Å². The molecule has 1 N–H and O–H groups in total. The van der Waals surface area contributed by atoms with Crippen molar-refractivity contribution < 1.29 is 14.3 Å². The van der Waals surface area contributed by atoms with Crippen molar-refractivity contribution in [2.24, 2.45) is 0 Å². The number of carbonyl (C=O) groups is 1. The highest BCUT2D eigenvalue weighted by Crippen LogP contribution is 2.32. The lowest BCUT2D eigenvalue weighted by Gasteiger charge is -2.16. The van der Waals surface area contributed by atoms with Crippen molar-refractivity contribution in [2.75, 3.05) is 13.8 Å². The number of nitrogens with zero attached hydrogens (tertiary/aromatic N) is 2. The third kappa shape index (κ3) is 2.32. The third-order valence-electron chi connectivity index (χ3n) is 3.13. The number of H-pyrrole nitrogens is 1. The molecule has 0 bridgehead atoms. The monoisotopic (exact) mass is 273 g/mol. The Morgan fingerprint density at radius 2 is 2.15 bits per heavy atom. The van der Waals surface area contributed by atoms with Crippen molar-refractivity contribution in [3.63, 3.8) is 0 Å². The highest BCUT2D eigenvalue weighted by molar-refractivity contribution is 5.92. The number of fused-ring (bicyclic) bond motifs is 1. The van der Waals surface area contributed by atoms with Crippen LogP contribution in [-0.2, 0) is 6.54 Å². The Kier molecular flexibility index (Phi) is 3.06. The summed E-state index contributed by atoms with van der Waals surface area (Å²) in [6, 6.07) is 7.40. The molecule has 0 spiro atoms. The standard InChI is InChI=1S/C14H15N3O3/c1-9-5-11(16-15-9)14(18)17(2)7-10-3-4-12-13(6-10)20-8-19-12/h3-6H,7-8H2,1-2H3,(H,15,16). The summed E-state index contributed by atoms with van der Waals surface area (Å²) in [6.07, 6.45) is 0. The maximum absolute atomic E-state index is 12.2. The van der Waals surface area contributed by atoms with Crippen LogP contribution in [0.25, 0.3) is 0 Å². The molecular formula is C14H15N3O3. The first-order chi connectivity index (χ1) is 9.63. The van der Waals surface area contributed by atoms with E-state index in [-0.39, 0.29) is 12.7 Å². The van der Waals surface area contributed by atoms with Crippen LogP contribution in [-0.4, -0.2) is 34.8 Å². The fourth-order valence-corrected chi connectivity index (χ4v) is 2.11. The lowest BCUT2D eigenvalue weighted by molar-refractivity contribution is 0.0779. The summed E-state index contributed by atoms with van der Waals surface area (Å²) in [4.78, 5) is 13.8. The predicted octanol–water partition coefficient (Wildman–Crippen LogP) is 1.72. The minimum atomic E-state index is -0.119. The van der Waals surface area contributed by atoms with E-state index in [2.05, 4.69) is 10.2 Å². The molecule has 0 radical (unpaired) electrons. The number of aromatic nitrogens is 2. The van der Waals surface area contributed by atoms with Crippen molar-refractivity contribution in [1.82, 2.24) is 15.1 Å². The van der Waals surface area contributed by atoms with Crippen LogP contribution < -0.4 is 9.47 Å². The smallest absolute Gasteiger partial charge is 0.274 e. The maximum atomic E-state index is 12.2. The van der Waals surface area contributed by atoms with Gasteiger partial charge in [-0.2, -0.15) is 5.10 Å². The first kappa shape index (κ1) is 12.5. The molecule has 1 aromatic carbocycles. The Morgan fingerprint density at radius 1 is 1.35 bits per heavy atom. The molecule has 0 atom stereocenters. The minimum absolute atomic E-state index is 0.119. The average Bonchev–Trinajstić information content (AvgIpc) is 3.05. The molecule has 6 heteroatoms. The largest absolute Gasteiger partial charge is 0.454 e. The van der Waals surface area contributed by atoms with Gasteiger partial charge in [0.15, 0.2) is 11.5 Å². The Balaban J connectivity index is 1.72. The molecule has 1 aliphatic heterocycles. The number of carbonyl (C=O) groups excluding carboxylic acids is 1. The van der Waals surface area contributed by atoms with Gasteiger partial charge in [0.1, 0.15) is 5.69 Å². The summed E-state index contributed by atoms with van der Waals surface area (Å²) in [5.74, 6) is 1.34. The van der Waals surface area contributed by atoms with Gasteiger partial charge in [-0.15, -0.1) is 0 Å². The molecule has 2 heterocycles. The number of hydrogen-bond donors (Lipinski definition) is 1. The fourth-order valence-electron chi connectivity index (χ4n) is 2.11. The Hall–Kier alpha value is -2.50. The van der Waals surface area contributed by atoms with Crippen LogP contribution in [0.15, 0.2) is 24.3 Å². The van der Waals surface area contributed by atoms with Crippen molar-refractivity contribution >= 4 is 5.91 Å². The van der Waals surface area contributed by atoms with Gasteiger partial charge in [0, 0.05) is 19.3 Å². The molecule has 104 valence electrons. The highest BCUT2D eigenvalue weighted by atomic mass is 16.7. The van der Waals surface area contributed by atoms with E-state index < -0.39 is 0 Å². The summed E-state index contributed by atoms with van der Waals surface area (Å²) in [5, 5.41) is 6.74. The zero-order chi connectivity index (χ0) is 14.1. The molecule has 20 heavy (non-hydrogen) atoms. The van der Waals surface area contributed by atoms with Crippen LogP contribution in [0.3, 0.4) is 0 Å². The summed E-state index contributed by atoms with van der Waals surface area (Å²) in [6.45, 7) is 2.60. The van der Waals surface area contributed by atoms with Gasteiger partial charge in [0.25, 0.3) is 5.91 Å². The molecule has 0 aliphatic carbocycles. The third-order valence-corrected chi connectivity index (χ3v) is 3.13. The Morgan fingerprint density at radius 3 is 2.90 bits per heavy atom. The van der Waals surface area contributed by atoms with Gasteiger partial charge in [0.05, 0.1) is 0 Å². The second-order valence-electron chi connectivity index (χ2n) is 4.79. The molecule has 1 aliphatic rings. The average molecular weight is 273 g/mol. The van der Waals surface area contributed by atoms with Gasteiger partial charge in [-0.1, -0.05) is 6.07 Å². The fraction of sp³-hybridized carbons (Fsp3) is 0.286. The molecule has 3 rings (SSSR count). The zero-order valence-corrected chi connectivity index (χ0v) is 11.3. The molecule has 0 fully saturated rings. The number of ether oxygens (including phenoxy) is 2. The number of rotatable bonds is 3. The van der Waals surface area contributed by atoms with E-state index >= 15 is 0 Å². The summed E-state index contributed by atoms with van der Waals surface area (Å²) >= 11 is 0. The van der Waals surface area contributed by atoms with E-state index in [0.29, 0.717) is 12.2 Å². The number of aromatic amines is 1. The van der Waals surface area contributed by atoms with Crippen molar-refractivity contribution in [1.29, 1.82) is 0 Å². The zero-order valence-electron chi connectivity index (χ0n) is 11.3. The molecule has 6 nitrogen and oxygen atoms in total. The molecule has 0 saturated carbocycles. The van der Waals surface area contributed by atoms with Crippen molar-refractivity contribution in [2.45, 2.75) is 13.5 Å². The lowest BCUT2D eigenvalue weighted by atomic mass is 10.2. The normalized spacial score (nSPS) is 12.5. The Labute approximate surface area is 116 Å². The quantitative estimate of drug-likeness (QED) is 0.924. The van der Waals surface area contributed by atoms with E-state index in [1.165, 1.54) is 0 Å². The topological polar surface area (TPSA) is 67.5 Å². The molecular weight excluding hydrogens is 258 g/mol. The number of amides is 1. The predicted molar refractivity (Wildman–Crippen MR) is 71.7 cm³/mol. The molecule has 0 saturated heterocycles. The van der Waals surface area contributed by atoms with Crippen LogP contribution in [0, 0.1) is 6.92 Å². The molecule has 0 unspecified atom stereocenters. The number of benzene rings is 1. The van der Waals surface area contributed by atoms with Crippen LogP contribution in [0.5, 0.6) is 11.5 Å². The second kappa shape index (κ2) is 4.88. The van der Waals surface area contributed by atoms with Crippen LogP contribution in [0.1, 0.15) is 21.7 Å². The molecule has 1 aromatic heterocycles. The van der Waals surface area contributed by atoms with Gasteiger partial charge in [-0.25, -0.2) is 0 Å². The van der Waals surface area contributed by atoms with E-state index in [4.69, 9.17) is 9.47 Å².